The number of rotatable bonds is 2. The number of likely N-dealkylation sites (N-methyl/N-ethyl adjacent to an activating group) is 1. The molecule has 4 heterocycles. The number of nitrogens with one attached hydrogen (secondary N) is 1. The molecule has 1 aliphatic rings. The van der Waals surface area contributed by atoms with Gasteiger partial charge < -0.3 is 15.1 Å². The summed E-state index contributed by atoms with van der Waals surface area (Å²) in [6.45, 7) is 1.26. The highest BCUT2D eigenvalue weighted by molar-refractivity contribution is 6.05. The summed E-state index contributed by atoms with van der Waals surface area (Å²) in [6, 6.07) is 13.2. The molecule has 1 aliphatic heterocycles. The number of pyridine rings is 2. The van der Waals surface area contributed by atoms with Gasteiger partial charge in [0.2, 0.25) is 0 Å². The number of amides is 1. The molecule has 4 aromatic rings. The van der Waals surface area contributed by atoms with Gasteiger partial charge in [0.1, 0.15) is 11.5 Å². The Morgan fingerprint density at radius 2 is 1.97 bits per heavy atom. The van der Waals surface area contributed by atoms with Crippen LogP contribution in [0.4, 0.5) is 5.82 Å². The molecular formula is C22H24N6O. The minimum atomic E-state index is -2.59. The molecule has 148 valence electrons. The largest absolute Gasteiger partial charge is 0.355 e. The van der Waals surface area contributed by atoms with Crippen LogP contribution in [-0.4, -0.2) is 65.4 Å². The number of benzene rings is 1. The van der Waals surface area contributed by atoms with E-state index in [9.17, 15) is 4.79 Å². The number of imidazole rings is 1. The van der Waals surface area contributed by atoms with E-state index in [0.717, 1.165) is 49.3 Å². The van der Waals surface area contributed by atoms with E-state index in [1.807, 2.05) is 40.8 Å². The van der Waals surface area contributed by atoms with Gasteiger partial charge in [0.05, 0.1) is 16.6 Å². The Kier molecular flexibility index (Phi) is 3.56. The monoisotopic (exact) mass is 391 g/mol. The Labute approximate surface area is 173 Å². The second-order valence-corrected chi connectivity index (χ2v) is 7.50. The van der Waals surface area contributed by atoms with Crippen molar-refractivity contribution in [3.63, 3.8) is 0 Å². The van der Waals surface area contributed by atoms with Crippen molar-refractivity contribution < 1.29 is 8.91 Å². The summed E-state index contributed by atoms with van der Waals surface area (Å²) in [5.74, 6) is 0.193. The van der Waals surface area contributed by atoms with Crippen LogP contribution in [0.15, 0.2) is 42.5 Å². The summed E-state index contributed by atoms with van der Waals surface area (Å²) in [5.41, 5.74) is 2.81. The van der Waals surface area contributed by atoms with Crippen molar-refractivity contribution in [2.24, 2.45) is 0 Å². The van der Waals surface area contributed by atoms with Crippen LogP contribution < -0.4 is 10.2 Å². The molecule has 0 bridgehead atoms. The van der Waals surface area contributed by atoms with Crippen molar-refractivity contribution >= 4 is 39.4 Å². The van der Waals surface area contributed by atoms with Crippen LogP contribution in [0.1, 0.15) is 20.9 Å². The molecule has 1 N–H and O–H groups in total. The van der Waals surface area contributed by atoms with Crippen LogP contribution in [0.5, 0.6) is 0 Å². The van der Waals surface area contributed by atoms with E-state index in [1.165, 1.54) is 0 Å². The van der Waals surface area contributed by atoms with Crippen LogP contribution in [0.25, 0.3) is 27.7 Å². The van der Waals surface area contributed by atoms with E-state index in [0.29, 0.717) is 16.8 Å². The molecule has 0 unspecified atom stereocenters. The van der Waals surface area contributed by atoms with E-state index >= 15 is 0 Å². The number of hydrogen-bond acceptors (Lipinski definition) is 5. The van der Waals surface area contributed by atoms with Gasteiger partial charge in [-0.05, 0) is 50.3 Å². The molecule has 0 atom stereocenters. The molecule has 7 heteroatoms. The third kappa shape index (κ3) is 2.98. The average molecular weight is 391 g/mol. The summed E-state index contributed by atoms with van der Waals surface area (Å²) in [5, 5.41) is 2.83. The topological polar surface area (TPSA) is 65.8 Å². The summed E-state index contributed by atoms with van der Waals surface area (Å²) < 4.78 is 24.1. The summed E-state index contributed by atoms with van der Waals surface area (Å²) in [7, 11) is 2.13. The molecule has 5 rings (SSSR count). The SMILES string of the molecule is [2H]C([2H])([2H])NC(=O)c1cc2ccc(N3CCCN(C)CC3)nc2n2c1nc1ccccc12. The van der Waals surface area contributed by atoms with Gasteiger partial charge in [0.25, 0.3) is 5.91 Å². The van der Waals surface area contributed by atoms with Gasteiger partial charge in [-0.3, -0.25) is 9.20 Å². The first-order valence-electron chi connectivity index (χ1n) is 11.3. The van der Waals surface area contributed by atoms with E-state index in [4.69, 9.17) is 9.10 Å². The lowest BCUT2D eigenvalue weighted by Crippen LogP contribution is -2.29. The van der Waals surface area contributed by atoms with Crippen molar-refractivity contribution in [1.82, 2.24) is 24.6 Å². The quantitative estimate of drug-likeness (QED) is 0.569. The van der Waals surface area contributed by atoms with Gasteiger partial charge in [-0.2, -0.15) is 0 Å². The number of anilines is 1. The van der Waals surface area contributed by atoms with Crippen LogP contribution >= 0.6 is 0 Å². The predicted octanol–water partition coefficient (Wildman–Crippen LogP) is 2.54. The van der Waals surface area contributed by atoms with Crippen molar-refractivity contribution in [2.45, 2.75) is 6.42 Å². The fraction of sp³-hybridized carbons (Fsp3) is 0.318. The van der Waals surface area contributed by atoms with Gasteiger partial charge in [0.15, 0.2) is 5.65 Å². The zero-order valence-corrected chi connectivity index (χ0v) is 16.2. The van der Waals surface area contributed by atoms with Gasteiger partial charge >= 0.3 is 0 Å². The highest BCUT2D eigenvalue weighted by atomic mass is 16.1. The molecule has 1 saturated heterocycles. The smallest absolute Gasteiger partial charge is 0.254 e. The molecule has 1 aromatic carbocycles. The predicted molar refractivity (Wildman–Crippen MR) is 116 cm³/mol. The molecule has 29 heavy (non-hydrogen) atoms. The standard InChI is InChI=1S/C22H24N6O/c1-23-22(29)16-14-15-8-9-19(27-11-5-10-26(2)12-13-27)25-20(15)28-18-7-4-3-6-17(18)24-21(16)28/h3-4,6-9,14H,5,10-13H2,1-2H3,(H,23,29)/i1D3. The Hall–Kier alpha value is -3.19. The molecule has 1 amide bonds. The molecule has 7 nitrogen and oxygen atoms in total. The Bertz CT molecular complexity index is 1330. The van der Waals surface area contributed by atoms with Gasteiger partial charge in [0, 0.05) is 36.1 Å². The number of carbonyl (C=O) groups excluding carboxylic acids is 1. The molecule has 0 spiro atoms. The fourth-order valence-corrected chi connectivity index (χ4v) is 4.07. The van der Waals surface area contributed by atoms with E-state index in [-0.39, 0.29) is 5.56 Å². The molecular weight excluding hydrogens is 364 g/mol. The lowest BCUT2D eigenvalue weighted by atomic mass is 10.2. The molecule has 0 radical (unpaired) electrons. The van der Waals surface area contributed by atoms with Gasteiger partial charge in [-0.15, -0.1) is 0 Å². The fourth-order valence-electron chi connectivity index (χ4n) is 4.07. The zero-order chi connectivity index (χ0) is 22.5. The number of aromatic nitrogens is 3. The maximum atomic E-state index is 12.8. The Morgan fingerprint density at radius 3 is 2.86 bits per heavy atom. The highest BCUT2D eigenvalue weighted by Crippen LogP contribution is 2.27. The van der Waals surface area contributed by atoms with Crippen molar-refractivity contribution in [1.29, 1.82) is 0 Å². The first-order valence-corrected chi connectivity index (χ1v) is 9.77. The van der Waals surface area contributed by atoms with Gasteiger partial charge in [-0.25, -0.2) is 9.97 Å². The first kappa shape index (κ1) is 14.8. The van der Waals surface area contributed by atoms with Gasteiger partial charge in [-0.1, -0.05) is 12.1 Å². The first-order chi connectivity index (χ1) is 15.3. The second kappa shape index (κ2) is 7.00. The summed E-state index contributed by atoms with van der Waals surface area (Å²) in [6.07, 6.45) is 1.06. The zero-order valence-electron chi connectivity index (χ0n) is 19.2. The van der Waals surface area contributed by atoms with E-state index < -0.39 is 12.9 Å². The molecule has 0 saturated carbocycles. The second-order valence-electron chi connectivity index (χ2n) is 7.50. The average Bonchev–Trinajstić information content (AvgIpc) is 3.00. The Morgan fingerprint density at radius 1 is 1.07 bits per heavy atom. The van der Waals surface area contributed by atoms with Crippen LogP contribution in [-0.2, 0) is 0 Å². The van der Waals surface area contributed by atoms with Crippen LogP contribution in [0, 0.1) is 0 Å². The number of nitrogens with zero attached hydrogens (tertiary/aromatic N) is 5. The Balaban J connectivity index is 1.72. The third-order valence-electron chi connectivity index (χ3n) is 5.61. The minimum absolute atomic E-state index is 0.204. The maximum absolute atomic E-state index is 12.8. The molecule has 3 aromatic heterocycles. The highest BCUT2D eigenvalue weighted by Gasteiger charge is 2.19. The minimum Gasteiger partial charge on any atom is -0.355 e. The molecule has 0 aliphatic carbocycles. The summed E-state index contributed by atoms with van der Waals surface area (Å²) >= 11 is 0. The number of hydrogen-bond donors (Lipinski definition) is 1. The van der Waals surface area contributed by atoms with Crippen LogP contribution in [0.3, 0.4) is 0 Å². The number of fused-ring (bicyclic) bond motifs is 5. The van der Waals surface area contributed by atoms with Crippen LogP contribution in [0.2, 0.25) is 0 Å². The van der Waals surface area contributed by atoms with Crippen molar-refractivity contribution in [2.75, 3.05) is 45.1 Å². The third-order valence-corrected chi connectivity index (χ3v) is 5.61. The summed E-state index contributed by atoms with van der Waals surface area (Å²) in [4.78, 5) is 27.0. The number of para-hydroxylation sites is 2. The number of carbonyl (C=O) groups is 1. The maximum Gasteiger partial charge on any atom is 0.254 e. The van der Waals surface area contributed by atoms with Crippen molar-refractivity contribution in [3.8, 4) is 0 Å². The van der Waals surface area contributed by atoms with Crippen molar-refractivity contribution in [3.05, 3.63) is 48.0 Å². The van der Waals surface area contributed by atoms with E-state index in [1.54, 1.807) is 6.07 Å². The molecule has 1 fully saturated rings. The normalized spacial score (nSPS) is 17.8. The lowest BCUT2D eigenvalue weighted by Gasteiger charge is -2.22. The van der Waals surface area contributed by atoms with E-state index in [2.05, 4.69) is 27.1 Å². The lowest BCUT2D eigenvalue weighted by molar-refractivity contribution is 0.0964.